The maximum Gasteiger partial charge on any atom is 0.127 e. The third-order valence-corrected chi connectivity index (χ3v) is 3.77. The molecule has 0 saturated carbocycles. The van der Waals surface area contributed by atoms with Gasteiger partial charge in [0.05, 0.1) is 20.8 Å². The first-order valence-electron chi connectivity index (χ1n) is 6.97. The van der Waals surface area contributed by atoms with Crippen molar-refractivity contribution in [2.24, 2.45) is 5.73 Å². The van der Waals surface area contributed by atoms with Crippen molar-refractivity contribution in [3.63, 3.8) is 0 Å². The van der Waals surface area contributed by atoms with Crippen LogP contribution in [0.1, 0.15) is 11.1 Å². The fourth-order valence-electron chi connectivity index (χ4n) is 2.68. The highest BCUT2D eigenvalue weighted by atomic mass is 16.5. The van der Waals surface area contributed by atoms with Gasteiger partial charge in [-0.05, 0) is 41.0 Å². The molecule has 0 spiro atoms. The van der Waals surface area contributed by atoms with Crippen molar-refractivity contribution in [1.29, 1.82) is 0 Å². The number of hydrogen-bond donors (Lipinski definition) is 1. The van der Waals surface area contributed by atoms with E-state index in [2.05, 4.69) is 12.1 Å². The molecule has 3 rings (SSSR count). The summed E-state index contributed by atoms with van der Waals surface area (Å²) in [5.74, 6) is 2.50. The van der Waals surface area contributed by atoms with Crippen molar-refractivity contribution in [2.75, 3.05) is 20.8 Å². The van der Waals surface area contributed by atoms with Crippen molar-refractivity contribution in [3.8, 4) is 28.4 Å². The third kappa shape index (κ3) is 2.54. The topological polar surface area (TPSA) is 53.7 Å². The molecule has 2 N–H and O–H groups in total. The van der Waals surface area contributed by atoms with Crippen LogP contribution in [-0.4, -0.2) is 20.8 Å². The van der Waals surface area contributed by atoms with Gasteiger partial charge in [-0.25, -0.2) is 0 Å². The fourth-order valence-corrected chi connectivity index (χ4v) is 2.68. The predicted molar refractivity (Wildman–Crippen MR) is 82.1 cm³/mol. The van der Waals surface area contributed by atoms with Crippen LogP contribution in [0.3, 0.4) is 0 Å². The molecular weight excluding hydrogens is 266 g/mol. The van der Waals surface area contributed by atoms with Gasteiger partial charge in [-0.15, -0.1) is 0 Å². The van der Waals surface area contributed by atoms with Crippen LogP contribution < -0.4 is 19.9 Å². The lowest BCUT2D eigenvalue weighted by Crippen LogP contribution is -2.00. The zero-order valence-electron chi connectivity index (χ0n) is 12.3. The van der Waals surface area contributed by atoms with Gasteiger partial charge in [0.15, 0.2) is 0 Å². The number of hydrogen-bond acceptors (Lipinski definition) is 4. The van der Waals surface area contributed by atoms with Crippen LogP contribution in [0.4, 0.5) is 0 Å². The first kappa shape index (κ1) is 13.8. The molecule has 0 atom stereocenters. The van der Waals surface area contributed by atoms with Gasteiger partial charge >= 0.3 is 0 Å². The molecule has 1 aliphatic heterocycles. The number of methoxy groups -OCH3 is 2. The van der Waals surface area contributed by atoms with E-state index in [1.807, 2.05) is 18.2 Å². The Morgan fingerprint density at radius 2 is 1.67 bits per heavy atom. The molecule has 4 nitrogen and oxygen atoms in total. The molecule has 0 saturated heterocycles. The van der Waals surface area contributed by atoms with E-state index in [1.54, 1.807) is 14.2 Å². The summed E-state index contributed by atoms with van der Waals surface area (Å²) in [7, 11) is 3.31. The lowest BCUT2D eigenvalue weighted by Gasteiger charge is -2.12. The highest BCUT2D eigenvalue weighted by Gasteiger charge is 2.18. The Bertz CT molecular complexity index is 645. The average Bonchev–Trinajstić information content (AvgIpc) is 3.01. The number of fused-ring (bicyclic) bond motifs is 1. The summed E-state index contributed by atoms with van der Waals surface area (Å²) >= 11 is 0. The van der Waals surface area contributed by atoms with E-state index >= 15 is 0 Å². The third-order valence-electron chi connectivity index (χ3n) is 3.77. The lowest BCUT2D eigenvalue weighted by molar-refractivity contribution is 0.353. The normalized spacial score (nSPS) is 12.7. The Hall–Kier alpha value is -2.20. The summed E-state index contributed by atoms with van der Waals surface area (Å²) in [5.41, 5.74) is 10.3. The number of rotatable bonds is 4. The van der Waals surface area contributed by atoms with E-state index in [4.69, 9.17) is 19.9 Å². The monoisotopic (exact) mass is 285 g/mol. The van der Waals surface area contributed by atoms with E-state index in [1.165, 1.54) is 5.56 Å². The highest BCUT2D eigenvalue weighted by Crippen LogP contribution is 2.36. The molecule has 2 aromatic rings. The van der Waals surface area contributed by atoms with Crippen LogP contribution in [0.25, 0.3) is 11.1 Å². The molecule has 21 heavy (non-hydrogen) atoms. The van der Waals surface area contributed by atoms with E-state index in [-0.39, 0.29) is 0 Å². The zero-order valence-corrected chi connectivity index (χ0v) is 12.3. The molecule has 0 fully saturated rings. The van der Waals surface area contributed by atoms with Crippen molar-refractivity contribution in [3.05, 3.63) is 41.5 Å². The first-order chi connectivity index (χ1) is 10.2. The summed E-state index contributed by atoms with van der Waals surface area (Å²) in [4.78, 5) is 0. The Kier molecular flexibility index (Phi) is 3.71. The summed E-state index contributed by atoms with van der Waals surface area (Å²) in [6.45, 7) is 1.20. The van der Waals surface area contributed by atoms with Crippen molar-refractivity contribution in [1.82, 2.24) is 0 Å². The second kappa shape index (κ2) is 5.66. The summed E-state index contributed by atoms with van der Waals surface area (Å²) in [5, 5.41) is 0. The minimum Gasteiger partial charge on any atom is -0.497 e. The molecule has 110 valence electrons. The predicted octanol–water partition coefficient (Wildman–Crippen LogP) is 2.76. The molecule has 0 aromatic heterocycles. The first-order valence-corrected chi connectivity index (χ1v) is 6.97. The van der Waals surface area contributed by atoms with Gasteiger partial charge in [-0.1, -0.05) is 0 Å². The largest absolute Gasteiger partial charge is 0.497 e. The quantitative estimate of drug-likeness (QED) is 0.938. The summed E-state index contributed by atoms with van der Waals surface area (Å²) in [6, 6.07) is 10.1. The maximum absolute atomic E-state index is 5.85. The Balaban J connectivity index is 2.12. The Morgan fingerprint density at radius 3 is 2.29 bits per heavy atom. The fraction of sp³-hybridized carbons (Fsp3) is 0.294. The molecule has 0 bridgehead atoms. The van der Waals surface area contributed by atoms with Crippen LogP contribution in [0.15, 0.2) is 30.3 Å². The van der Waals surface area contributed by atoms with Gasteiger partial charge in [-0.3, -0.25) is 0 Å². The minimum absolute atomic E-state index is 0.470. The van der Waals surface area contributed by atoms with Gasteiger partial charge < -0.3 is 19.9 Å². The van der Waals surface area contributed by atoms with E-state index in [0.29, 0.717) is 6.54 Å². The van der Waals surface area contributed by atoms with Gasteiger partial charge in [0.25, 0.3) is 0 Å². The Morgan fingerprint density at radius 1 is 1.00 bits per heavy atom. The number of nitrogens with two attached hydrogens (primary N) is 1. The Labute approximate surface area is 124 Å². The van der Waals surface area contributed by atoms with E-state index in [9.17, 15) is 0 Å². The molecule has 1 aliphatic rings. The molecule has 2 aromatic carbocycles. The maximum atomic E-state index is 5.85. The summed E-state index contributed by atoms with van der Waals surface area (Å²) in [6.07, 6.45) is 0.928. The second-order valence-electron chi connectivity index (χ2n) is 5.03. The highest BCUT2D eigenvalue weighted by molar-refractivity contribution is 5.71. The lowest BCUT2D eigenvalue weighted by atomic mass is 9.98. The van der Waals surface area contributed by atoms with Crippen molar-refractivity contribution < 1.29 is 14.2 Å². The number of ether oxygens (including phenoxy) is 3. The van der Waals surface area contributed by atoms with Gasteiger partial charge in [-0.2, -0.15) is 0 Å². The molecule has 0 unspecified atom stereocenters. The van der Waals surface area contributed by atoms with E-state index in [0.717, 1.165) is 47.0 Å². The van der Waals surface area contributed by atoms with Crippen LogP contribution in [0, 0.1) is 0 Å². The smallest absolute Gasteiger partial charge is 0.127 e. The van der Waals surface area contributed by atoms with Crippen LogP contribution in [0.2, 0.25) is 0 Å². The van der Waals surface area contributed by atoms with Crippen molar-refractivity contribution in [2.45, 2.75) is 13.0 Å². The molecule has 0 radical (unpaired) electrons. The SMILES string of the molecule is COc1cc(OC)cc(-c2cc(CN)c3c(c2)CCO3)c1. The van der Waals surface area contributed by atoms with Crippen LogP contribution in [0.5, 0.6) is 17.2 Å². The second-order valence-corrected chi connectivity index (χ2v) is 5.03. The van der Waals surface area contributed by atoms with Crippen LogP contribution in [-0.2, 0) is 13.0 Å². The van der Waals surface area contributed by atoms with Gasteiger partial charge in [0.2, 0.25) is 0 Å². The molecule has 0 aliphatic carbocycles. The van der Waals surface area contributed by atoms with E-state index < -0.39 is 0 Å². The van der Waals surface area contributed by atoms with Gasteiger partial charge in [0, 0.05) is 24.6 Å². The average molecular weight is 285 g/mol. The molecule has 4 heteroatoms. The molecule has 1 heterocycles. The zero-order chi connectivity index (χ0) is 14.8. The molecular formula is C17H19NO3. The van der Waals surface area contributed by atoms with Crippen molar-refractivity contribution >= 4 is 0 Å². The van der Waals surface area contributed by atoms with Crippen LogP contribution >= 0.6 is 0 Å². The van der Waals surface area contributed by atoms with Gasteiger partial charge in [0.1, 0.15) is 17.2 Å². The standard InChI is InChI=1S/C17H19NO3/c1-19-15-7-13(8-16(9-15)20-2)12-5-11-3-4-21-17(11)14(6-12)10-18/h5-9H,3-4,10,18H2,1-2H3. The molecule has 0 amide bonds. The summed E-state index contributed by atoms with van der Waals surface area (Å²) < 4.78 is 16.3. The number of benzene rings is 2. The minimum atomic E-state index is 0.470.